The van der Waals surface area contributed by atoms with Crippen molar-refractivity contribution < 1.29 is 1.43 Å². The Morgan fingerprint density at radius 1 is 1.33 bits per heavy atom. The average molecular weight is 172 g/mol. The van der Waals surface area contributed by atoms with Gasteiger partial charge in [-0.3, -0.25) is 0 Å². The summed E-state index contributed by atoms with van der Waals surface area (Å²) in [6.45, 7) is 10.6. The summed E-state index contributed by atoms with van der Waals surface area (Å²) in [5.41, 5.74) is 0. The summed E-state index contributed by atoms with van der Waals surface area (Å²) in [7, 11) is 0. The molecule has 1 aliphatic rings. The van der Waals surface area contributed by atoms with Crippen LogP contribution in [0.1, 0.15) is 28.1 Å². The van der Waals surface area contributed by atoms with Crippen LogP contribution in [-0.4, -0.2) is 37.6 Å². The lowest BCUT2D eigenvalue weighted by Gasteiger charge is -2.30. The van der Waals surface area contributed by atoms with Gasteiger partial charge >= 0.3 is 0 Å². The Labute approximate surface area is 77.8 Å². The number of piperidine rings is 1. The van der Waals surface area contributed by atoms with Gasteiger partial charge in [0.05, 0.1) is 0 Å². The first-order valence-corrected chi connectivity index (χ1v) is 5.29. The van der Waals surface area contributed by atoms with Crippen LogP contribution in [0, 0.1) is 5.92 Å². The second-order valence-electron chi connectivity index (χ2n) is 3.69. The third-order valence-corrected chi connectivity index (χ3v) is 2.84. The predicted molar refractivity (Wildman–Crippen MR) is 55.5 cm³/mol. The molecule has 2 nitrogen and oxygen atoms in total. The summed E-state index contributed by atoms with van der Waals surface area (Å²) in [5, 5.41) is 3.43. The van der Waals surface area contributed by atoms with E-state index in [0.29, 0.717) is 0 Å². The molecule has 0 radical (unpaired) electrons. The average Bonchev–Trinajstić information content (AvgIpc) is 2.15. The van der Waals surface area contributed by atoms with Crippen molar-refractivity contribution in [1.29, 1.82) is 0 Å². The van der Waals surface area contributed by atoms with Crippen LogP contribution in [0.4, 0.5) is 0 Å². The summed E-state index contributed by atoms with van der Waals surface area (Å²) in [5.74, 6) is 0.938. The smallest absolute Gasteiger partial charge is 0 e. The lowest BCUT2D eigenvalue weighted by atomic mass is 9.97. The molecule has 0 saturated carbocycles. The fraction of sp³-hybridized carbons (Fsp3) is 1.00. The first kappa shape index (κ1) is 10.0. The number of likely N-dealkylation sites (tertiary alicyclic amines) is 1. The molecule has 1 fully saturated rings. The van der Waals surface area contributed by atoms with Crippen molar-refractivity contribution >= 4 is 0 Å². The summed E-state index contributed by atoms with van der Waals surface area (Å²) >= 11 is 0. The lowest BCUT2D eigenvalue weighted by Crippen LogP contribution is -2.37. The Bertz CT molecular complexity index is 111. The summed E-state index contributed by atoms with van der Waals surface area (Å²) < 4.78 is 0. The Balaban J connectivity index is 0.00000144. The second-order valence-corrected chi connectivity index (χ2v) is 3.69. The van der Waals surface area contributed by atoms with Gasteiger partial charge in [-0.1, -0.05) is 13.8 Å². The standard InChI is InChI=1S/C10H22N2.H2/c1-3-11-9-10-5-7-12(4-2)8-6-10;/h10-11H,3-9H2,1-2H3;1H. The third kappa shape index (κ3) is 3.11. The van der Waals surface area contributed by atoms with E-state index in [1.807, 2.05) is 0 Å². The Hall–Kier alpha value is -0.0800. The van der Waals surface area contributed by atoms with Gasteiger partial charge in [-0.2, -0.15) is 0 Å². The number of hydrogen-bond acceptors (Lipinski definition) is 2. The Morgan fingerprint density at radius 3 is 2.50 bits per heavy atom. The fourth-order valence-corrected chi connectivity index (χ4v) is 1.86. The van der Waals surface area contributed by atoms with Gasteiger partial charge in [0.25, 0.3) is 0 Å². The molecule has 1 aliphatic heterocycles. The molecule has 0 bridgehead atoms. The fourth-order valence-electron chi connectivity index (χ4n) is 1.86. The van der Waals surface area contributed by atoms with Crippen LogP contribution in [0.25, 0.3) is 0 Å². The molecule has 2 heteroatoms. The van der Waals surface area contributed by atoms with E-state index in [2.05, 4.69) is 24.1 Å². The van der Waals surface area contributed by atoms with Gasteiger partial charge in [0, 0.05) is 1.43 Å². The zero-order valence-electron chi connectivity index (χ0n) is 8.47. The molecule has 0 spiro atoms. The van der Waals surface area contributed by atoms with E-state index in [-0.39, 0.29) is 1.43 Å². The lowest BCUT2D eigenvalue weighted by molar-refractivity contribution is 0.190. The number of nitrogens with one attached hydrogen (secondary N) is 1. The van der Waals surface area contributed by atoms with Crippen molar-refractivity contribution in [1.82, 2.24) is 10.2 Å². The Morgan fingerprint density at radius 2 is 2.00 bits per heavy atom. The van der Waals surface area contributed by atoms with Crippen LogP contribution < -0.4 is 5.32 Å². The zero-order valence-corrected chi connectivity index (χ0v) is 8.47. The van der Waals surface area contributed by atoms with Gasteiger partial charge in [0.15, 0.2) is 0 Å². The molecule has 0 aromatic carbocycles. The molecule has 1 N–H and O–H groups in total. The van der Waals surface area contributed by atoms with Gasteiger partial charge in [-0.05, 0) is 51.5 Å². The van der Waals surface area contributed by atoms with Crippen molar-refractivity contribution in [3.8, 4) is 0 Å². The van der Waals surface area contributed by atoms with Crippen LogP contribution in [0.5, 0.6) is 0 Å². The van der Waals surface area contributed by atoms with E-state index < -0.39 is 0 Å². The molecule has 0 aromatic rings. The van der Waals surface area contributed by atoms with Crippen LogP contribution >= 0.6 is 0 Å². The predicted octanol–water partition coefficient (Wildman–Crippen LogP) is 1.57. The maximum atomic E-state index is 3.43. The molecule has 0 aliphatic carbocycles. The highest BCUT2D eigenvalue weighted by Gasteiger charge is 2.16. The molecule has 0 atom stereocenters. The minimum absolute atomic E-state index is 0. The van der Waals surface area contributed by atoms with Crippen LogP contribution in [0.2, 0.25) is 0 Å². The minimum atomic E-state index is 0. The SMILES string of the molecule is CCNCC1CCN(CC)CC1.[HH]. The minimum Gasteiger partial charge on any atom is -0.317 e. The van der Waals surface area contributed by atoms with Crippen LogP contribution in [-0.2, 0) is 0 Å². The summed E-state index contributed by atoms with van der Waals surface area (Å²) in [6, 6.07) is 0. The van der Waals surface area contributed by atoms with E-state index >= 15 is 0 Å². The molecular weight excluding hydrogens is 148 g/mol. The monoisotopic (exact) mass is 172 g/mol. The highest BCUT2D eigenvalue weighted by atomic mass is 15.1. The Kier molecular flexibility index (Phi) is 4.62. The van der Waals surface area contributed by atoms with Gasteiger partial charge in [-0.15, -0.1) is 0 Å². The molecule has 12 heavy (non-hydrogen) atoms. The maximum Gasteiger partial charge on any atom is 0 e. The number of hydrogen-bond donors (Lipinski definition) is 1. The normalized spacial score (nSPS) is 21.5. The van der Waals surface area contributed by atoms with E-state index in [0.717, 1.165) is 12.5 Å². The summed E-state index contributed by atoms with van der Waals surface area (Å²) in [4.78, 5) is 2.54. The number of nitrogens with zero attached hydrogens (tertiary/aromatic N) is 1. The molecule has 0 unspecified atom stereocenters. The van der Waals surface area contributed by atoms with Crippen molar-refractivity contribution in [3.63, 3.8) is 0 Å². The van der Waals surface area contributed by atoms with E-state index in [4.69, 9.17) is 0 Å². The first-order valence-electron chi connectivity index (χ1n) is 5.29. The van der Waals surface area contributed by atoms with Crippen LogP contribution in [0.3, 0.4) is 0 Å². The largest absolute Gasteiger partial charge is 0.317 e. The second kappa shape index (κ2) is 5.55. The quantitative estimate of drug-likeness (QED) is 0.692. The van der Waals surface area contributed by atoms with Crippen molar-refractivity contribution in [2.45, 2.75) is 26.7 Å². The van der Waals surface area contributed by atoms with Crippen molar-refractivity contribution in [2.75, 3.05) is 32.7 Å². The molecule has 0 aromatic heterocycles. The summed E-state index contributed by atoms with van der Waals surface area (Å²) in [6.07, 6.45) is 2.78. The first-order chi connectivity index (χ1) is 5.86. The molecule has 1 saturated heterocycles. The topological polar surface area (TPSA) is 15.3 Å². The molecule has 1 rings (SSSR count). The van der Waals surface area contributed by atoms with Crippen molar-refractivity contribution in [3.05, 3.63) is 0 Å². The van der Waals surface area contributed by atoms with Gasteiger partial charge in [0.2, 0.25) is 0 Å². The van der Waals surface area contributed by atoms with Gasteiger partial charge in [-0.25, -0.2) is 0 Å². The third-order valence-electron chi connectivity index (χ3n) is 2.84. The highest BCUT2D eigenvalue weighted by Crippen LogP contribution is 2.15. The van der Waals surface area contributed by atoms with E-state index in [1.54, 1.807) is 0 Å². The van der Waals surface area contributed by atoms with E-state index in [9.17, 15) is 0 Å². The van der Waals surface area contributed by atoms with E-state index in [1.165, 1.54) is 39.0 Å². The van der Waals surface area contributed by atoms with Gasteiger partial charge < -0.3 is 10.2 Å². The molecular formula is C10H24N2. The highest BCUT2D eigenvalue weighted by molar-refractivity contribution is 4.72. The molecule has 1 heterocycles. The maximum absolute atomic E-state index is 3.43. The number of rotatable bonds is 4. The van der Waals surface area contributed by atoms with Crippen molar-refractivity contribution in [2.24, 2.45) is 5.92 Å². The van der Waals surface area contributed by atoms with Crippen LogP contribution in [0.15, 0.2) is 0 Å². The van der Waals surface area contributed by atoms with Gasteiger partial charge in [0.1, 0.15) is 0 Å². The zero-order chi connectivity index (χ0) is 8.81. The molecule has 0 amide bonds. The molecule has 74 valence electrons.